The van der Waals surface area contributed by atoms with Gasteiger partial charge in [-0.25, -0.2) is 4.98 Å². The number of rotatable bonds is 4. The van der Waals surface area contributed by atoms with Gasteiger partial charge in [0.05, 0.1) is 11.4 Å². The van der Waals surface area contributed by atoms with E-state index in [4.69, 9.17) is 0 Å². The van der Waals surface area contributed by atoms with Gasteiger partial charge in [-0.2, -0.15) is 0 Å². The van der Waals surface area contributed by atoms with E-state index in [0.717, 1.165) is 22.1 Å². The molecule has 0 bridgehead atoms. The molecule has 2 rings (SSSR count). The Balaban J connectivity index is 2.37. The Bertz CT molecular complexity index is 555. The minimum atomic E-state index is 0.721. The molecule has 0 saturated heterocycles. The quantitative estimate of drug-likeness (QED) is 0.770. The van der Waals surface area contributed by atoms with E-state index in [9.17, 15) is 0 Å². The Hall–Kier alpha value is -2.07. The van der Waals surface area contributed by atoms with Crippen molar-refractivity contribution < 1.29 is 0 Å². The molecule has 0 N–H and O–H groups in total. The average molecular weight is 241 g/mol. The highest BCUT2D eigenvalue weighted by atomic mass is 32.1. The second-order valence-electron chi connectivity index (χ2n) is 3.15. The Morgan fingerprint density at radius 1 is 1.35 bits per heavy atom. The molecule has 4 heteroatoms. The first-order valence-electron chi connectivity index (χ1n) is 5.03. The molecule has 0 aliphatic rings. The number of hydrogen-bond acceptors (Lipinski definition) is 4. The van der Waals surface area contributed by atoms with Gasteiger partial charge in [-0.3, -0.25) is 9.98 Å². The van der Waals surface area contributed by atoms with Gasteiger partial charge in [-0.15, -0.1) is 11.3 Å². The molecule has 0 fully saturated rings. The maximum Gasteiger partial charge on any atom is 0.142 e. The predicted molar refractivity (Wildman–Crippen MR) is 72.3 cm³/mol. The monoisotopic (exact) mass is 241 g/mol. The van der Waals surface area contributed by atoms with Crippen LogP contribution in [0.4, 0.5) is 0 Å². The van der Waals surface area contributed by atoms with Crippen molar-refractivity contribution in [3.63, 3.8) is 0 Å². The summed E-state index contributed by atoms with van der Waals surface area (Å²) in [5.41, 5.74) is 2.38. The first kappa shape index (κ1) is 11.4. The molecule has 3 nitrogen and oxygen atoms in total. The first-order valence-corrected chi connectivity index (χ1v) is 5.91. The smallest absolute Gasteiger partial charge is 0.142 e. The molecule has 17 heavy (non-hydrogen) atoms. The summed E-state index contributed by atoms with van der Waals surface area (Å²) < 4.78 is 0. The third-order valence-electron chi connectivity index (χ3n) is 2.07. The third kappa shape index (κ3) is 2.54. The van der Waals surface area contributed by atoms with Crippen LogP contribution in [-0.4, -0.2) is 15.7 Å². The van der Waals surface area contributed by atoms with Crippen LogP contribution >= 0.6 is 11.3 Å². The van der Waals surface area contributed by atoms with E-state index in [0.29, 0.717) is 0 Å². The van der Waals surface area contributed by atoms with Crippen LogP contribution in [0, 0.1) is 0 Å². The predicted octanol–water partition coefficient (Wildman–Crippen LogP) is 3.32. The number of nitrogens with zero attached hydrogens (tertiary/aromatic N) is 3. The summed E-state index contributed by atoms with van der Waals surface area (Å²) in [4.78, 5) is 12.8. The molecule has 0 saturated carbocycles. The molecule has 2 aromatic rings. The van der Waals surface area contributed by atoms with Crippen LogP contribution in [0.1, 0.15) is 5.69 Å². The number of pyridine rings is 1. The highest BCUT2D eigenvalue weighted by Gasteiger charge is 2.07. The maximum absolute atomic E-state index is 4.48. The number of thiazole rings is 1. The fraction of sp³-hybridized carbons (Fsp3) is 0. The molecular weight excluding hydrogens is 230 g/mol. The van der Waals surface area contributed by atoms with E-state index in [2.05, 4.69) is 28.1 Å². The molecule has 0 atom stereocenters. The SMILES string of the molecule is C=CN=C(C=C)c1csc(-c2ccccn2)n1. The highest BCUT2D eigenvalue weighted by Crippen LogP contribution is 2.21. The Kier molecular flexibility index (Phi) is 3.57. The van der Waals surface area contributed by atoms with Crippen molar-refractivity contribution in [1.29, 1.82) is 0 Å². The van der Waals surface area contributed by atoms with Crippen LogP contribution in [0.5, 0.6) is 0 Å². The summed E-state index contributed by atoms with van der Waals surface area (Å²) in [7, 11) is 0. The van der Waals surface area contributed by atoms with Gasteiger partial charge >= 0.3 is 0 Å². The summed E-state index contributed by atoms with van der Waals surface area (Å²) in [6.07, 6.45) is 4.90. The summed E-state index contributed by atoms with van der Waals surface area (Å²) in [5.74, 6) is 0. The van der Waals surface area contributed by atoms with Crippen molar-refractivity contribution in [3.05, 3.63) is 60.9 Å². The standard InChI is InChI=1S/C13H11N3S/c1-3-10(14-4-2)12-9-17-13(16-12)11-7-5-6-8-15-11/h3-9H,1-2H2. The van der Waals surface area contributed by atoms with E-state index in [-0.39, 0.29) is 0 Å². The highest BCUT2D eigenvalue weighted by molar-refractivity contribution is 7.13. The van der Waals surface area contributed by atoms with Gasteiger partial charge in [0.1, 0.15) is 10.7 Å². The van der Waals surface area contributed by atoms with Crippen molar-refractivity contribution in [2.75, 3.05) is 0 Å². The lowest BCUT2D eigenvalue weighted by atomic mass is 10.3. The van der Waals surface area contributed by atoms with E-state index < -0.39 is 0 Å². The van der Waals surface area contributed by atoms with Gasteiger partial charge in [0.15, 0.2) is 0 Å². The van der Waals surface area contributed by atoms with Crippen molar-refractivity contribution in [2.45, 2.75) is 0 Å². The summed E-state index contributed by atoms with van der Waals surface area (Å²) in [6, 6.07) is 5.75. The molecule has 2 heterocycles. The lowest BCUT2D eigenvalue weighted by Gasteiger charge is -1.94. The molecule has 0 aromatic carbocycles. The zero-order valence-corrected chi connectivity index (χ0v) is 10.0. The van der Waals surface area contributed by atoms with Crippen LogP contribution in [0.3, 0.4) is 0 Å². The second kappa shape index (κ2) is 5.32. The van der Waals surface area contributed by atoms with E-state index >= 15 is 0 Å². The van der Waals surface area contributed by atoms with Gasteiger partial charge in [-0.05, 0) is 18.2 Å². The molecule has 84 valence electrons. The largest absolute Gasteiger partial charge is 0.255 e. The Morgan fingerprint density at radius 3 is 2.88 bits per heavy atom. The lowest BCUT2D eigenvalue weighted by molar-refractivity contribution is 1.28. The fourth-order valence-corrected chi connectivity index (χ4v) is 2.11. The Morgan fingerprint density at radius 2 is 2.24 bits per heavy atom. The van der Waals surface area contributed by atoms with Gasteiger partial charge in [0, 0.05) is 17.8 Å². The number of hydrogen-bond donors (Lipinski definition) is 0. The van der Waals surface area contributed by atoms with Crippen LogP contribution < -0.4 is 0 Å². The number of aromatic nitrogens is 2. The van der Waals surface area contributed by atoms with E-state index in [1.165, 1.54) is 17.5 Å². The van der Waals surface area contributed by atoms with Crippen LogP contribution in [0.25, 0.3) is 10.7 Å². The molecule has 0 amide bonds. The van der Waals surface area contributed by atoms with Crippen LogP contribution in [-0.2, 0) is 0 Å². The van der Waals surface area contributed by atoms with E-state index in [1.807, 2.05) is 23.6 Å². The van der Waals surface area contributed by atoms with Crippen molar-refractivity contribution in [2.24, 2.45) is 4.99 Å². The molecule has 0 aliphatic heterocycles. The average Bonchev–Trinajstić information content (AvgIpc) is 2.86. The fourth-order valence-electron chi connectivity index (χ4n) is 1.32. The molecule has 0 radical (unpaired) electrons. The zero-order valence-electron chi connectivity index (χ0n) is 9.21. The van der Waals surface area contributed by atoms with Crippen LogP contribution in [0.15, 0.2) is 60.2 Å². The van der Waals surface area contributed by atoms with Gasteiger partial charge < -0.3 is 0 Å². The summed E-state index contributed by atoms with van der Waals surface area (Å²) >= 11 is 1.54. The van der Waals surface area contributed by atoms with Crippen LogP contribution in [0.2, 0.25) is 0 Å². The first-order chi connectivity index (χ1) is 8.35. The van der Waals surface area contributed by atoms with E-state index in [1.54, 1.807) is 12.3 Å². The molecule has 0 spiro atoms. The summed E-state index contributed by atoms with van der Waals surface area (Å²) in [6.45, 7) is 7.28. The number of allylic oxidation sites excluding steroid dienone is 1. The summed E-state index contributed by atoms with van der Waals surface area (Å²) in [5, 5.41) is 2.81. The van der Waals surface area contributed by atoms with Crippen molar-refractivity contribution >= 4 is 17.0 Å². The van der Waals surface area contributed by atoms with Crippen molar-refractivity contribution in [1.82, 2.24) is 9.97 Å². The molecule has 2 aromatic heterocycles. The van der Waals surface area contributed by atoms with Gasteiger partial charge in [0.2, 0.25) is 0 Å². The molecular formula is C13H11N3S. The van der Waals surface area contributed by atoms with Gasteiger partial charge in [-0.1, -0.05) is 19.2 Å². The third-order valence-corrected chi connectivity index (χ3v) is 2.94. The maximum atomic E-state index is 4.48. The topological polar surface area (TPSA) is 38.1 Å². The molecule has 0 unspecified atom stereocenters. The van der Waals surface area contributed by atoms with Crippen molar-refractivity contribution in [3.8, 4) is 10.7 Å². The number of aliphatic imine (C=N–C) groups is 1. The molecule has 0 aliphatic carbocycles. The van der Waals surface area contributed by atoms with Gasteiger partial charge in [0.25, 0.3) is 0 Å². The lowest BCUT2D eigenvalue weighted by Crippen LogP contribution is -1.95. The second-order valence-corrected chi connectivity index (χ2v) is 4.01. The minimum Gasteiger partial charge on any atom is -0.255 e. The normalized spacial score (nSPS) is 11.2. The zero-order chi connectivity index (χ0) is 12.1. The minimum absolute atomic E-state index is 0.721. The Labute approximate surface area is 104 Å².